The van der Waals surface area contributed by atoms with E-state index in [9.17, 15) is 8.78 Å². The highest BCUT2D eigenvalue weighted by atomic mass is 19.3. The quantitative estimate of drug-likeness (QED) is 0.894. The van der Waals surface area contributed by atoms with Crippen LogP contribution < -0.4 is 10.1 Å². The first kappa shape index (κ1) is 14.5. The average molecular weight is 277 g/mol. The number of rotatable bonds is 5. The summed E-state index contributed by atoms with van der Waals surface area (Å²) >= 11 is 0. The van der Waals surface area contributed by atoms with Gasteiger partial charge in [-0.05, 0) is 37.2 Å². The van der Waals surface area contributed by atoms with E-state index in [-0.39, 0.29) is 11.8 Å². The lowest BCUT2D eigenvalue weighted by Crippen LogP contribution is -2.17. The number of ether oxygens (including phenoxy) is 1. The van der Waals surface area contributed by atoms with E-state index < -0.39 is 6.61 Å². The van der Waals surface area contributed by atoms with Gasteiger partial charge in [-0.25, -0.2) is 0 Å². The van der Waals surface area contributed by atoms with Crippen LogP contribution in [-0.4, -0.2) is 13.7 Å². The first-order valence-electron chi connectivity index (χ1n) is 6.39. The van der Waals surface area contributed by atoms with Crippen molar-refractivity contribution in [3.8, 4) is 5.75 Å². The van der Waals surface area contributed by atoms with Crippen LogP contribution in [0.4, 0.5) is 8.78 Å². The van der Waals surface area contributed by atoms with Gasteiger partial charge in [-0.3, -0.25) is 0 Å². The monoisotopic (exact) mass is 277 g/mol. The summed E-state index contributed by atoms with van der Waals surface area (Å²) in [4.78, 5) is 0. The molecule has 0 aliphatic heterocycles. The zero-order valence-corrected chi connectivity index (χ0v) is 11.4. The summed E-state index contributed by atoms with van der Waals surface area (Å²) in [6.45, 7) is -0.757. The molecule has 0 spiro atoms. The fourth-order valence-corrected chi connectivity index (χ4v) is 2.13. The number of alkyl halides is 2. The molecule has 2 aromatic carbocycles. The lowest BCUT2D eigenvalue weighted by molar-refractivity contribution is -0.0498. The predicted molar refractivity (Wildman–Crippen MR) is 75.2 cm³/mol. The Morgan fingerprint density at radius 1 is 0.900 bits per heavy atom. The van der Waals surface area contributed by atoms with Crippen LogP contribution in [0.15, 0.2) is 48.5 Å². The SMILES string of the molecule is CNC(c1ccc(C)cc1)c1ccc(OC(F)F)cc1. The van der Waals surface area contributed by atoms with Crippen LogP contribution in [0.3, 0.4) is 0 Å². The fraction of sp³-hybridized carbons (Fsp3) is 0.250. The van der Waals surface area contributed by atoms with Crippen LogP contribution in [-0.2, 0) is 0 Å². The number of benzene rings is 2. The number of nitrogens with one attached hydrogen (secondary N) is 1. The largest absolute Gasteiger partial charge is 0.435 e. The van der Waals surface area contributed by atoms with Crippen molar-refractivity contribution in [2.24, 2.45) is 0 Å². The third-order valence-corrected chi connectivity index (χ3v) is 3.14. The number of hydrogen-bond donors (Lipinski definition) is 1. The second kappa shape index (κ2) is 6.48. The van der Waals surface area contributed by atoms with E-state index in [1.165, 1.54) is 5.56 Å². The molecule has 0 fully saturated rings. The molecular weight excluding hydrogens is 260 g/mol. The van der Waals surface area contributed by atoms with Gasteiger partial charge in [0, 0.05) is 0 Å². The van der Waals surface area contributed by atoms with Crippen LogP contribution in [0.5, 0.6) is 5.75 Å². The molecule has 0 aliphatic rings. The minimum absolute atomic E-state index is 0.0243. The lowest BCUT2D eigenvalue weighted by atomic mass is 9.98. The van der Waals surface area contributed by atoms with E-state index >= 15 is 0 Å². The molecule has 2 nitrogen and oxygen atoms in total. The van der Waals surface area contributed by atoms with Gasteiger partial charge in [0.1, 0.15) is 5.75 Å². The van der Waals surface area contributed by atoms with Crippen molar-refractivity contribution in [2.75, 3.05) is 7.05 Å². The first-order chi connectivity index (χ1) is 9.60. The third kappa shape index (κ3) is 3.54. The topological polar surface area (TPSA) is 21.3 Å². The second-order valence-corrected chi connectivity index (χ2v) is 4.58. The van der Waals surface area contributed by atoms with Crippen molar-refractivity contribution in [2.45, 2.75) is 19.6 Å². The van der Waals surface area contributed by atoms with Gasteiger partial charge >= 0.3 is 6.61 Å². The fourth-order valence-electron chi connectivity index (χ4n) is 2.13. The first-order valence-corrected chi connectivity index (χ1v) is 6.39. The molecule has 0 aromatic heterocycles. The van der Waals surface area contributed by atoms with Crippen LogP contribution in [0.1, 0.15) is 22.7 Å². The van der Waals surface area contributed by atoms with Gasteiger partial charge in [0.15, 0.2) is 0 Å². The van der Waals surface area contributed by atoms with Crippen LogP contribution in [0.25, 0.3) is 0 Å². The van der Waals surface area contributed by atoms with Gasteiger partial charge in [0.25, 0.3) is 0 Å². The van der Waals surface area contributed by atoms with Crippen LogP contribution in [0.2, 0.25) is 0 Å². The van der Waals surface area contributed by atoms with Crippen molar-refractivity contribution in [1.82, 2.24) is 5.32 Å². The molecule has 20 heavy (non-hydrogen) atoms. The lowest BCUT2D eigenvalue weighted by Gasteiger charge is -2.18. The Kier molecular flexibility index (Phi) is 4.69. The molecule has 2 aromatic rings. The molecule has 0 saturated carbocycles. The van der Waals surface area contributed by atoms with E-state index in [2.05, 4.69) is 22.2 Å². The maximum atomic E-state index is 12.1. The zero-order chi connectivity index (χ0) is 14.5. The molecule has 2 rings (SSSR count). The van der Waals surface area contributed by atoms with Crippen molar-refractivity contribution < 1.29 is 13.5 Å². The molecule has 106 valence electrons. The smallest absolute Gasteiger partial charge is 0.387 e. The third-order valence-electron chi connectivity index (χ3n) is 3.14. The van der Waals surface area contributed by atoms with Gasteiger partial charge < -0.3 is 10.1 Å². The number of halogens is 2. The van der Waals surface area contributed by atoms with E-state index in [0.717, 1.165) is 11.1 Å². The van der Waals surface area contributed by atoms with Gasteiger partial charge in [-0.15, -0.1) is 0 Å². The highest BCUT2D eigenvalue weighted by Gasteiger charge is 2.12. The number of aryl methyl sites for hydroxylation is 1. The van der Waals surface area contributed by atoms with Crippen LogP contribution in [0, 0.1) is 6.92 Å². The highest BCUT2D eigenvalue weighted by molar-refractivity contribution is 5.36. The predicted octanol–water partition coefficient (Wildman–Crippen LogP) is 3.91. The Labute approximate surface area is 117 Å². The Balaban J connectivity index is 2.21. The molecular formula is C16H17F2NO. The minimum Gasteiger partial charge on any atom is -0.435 e. The van der Waals surface area contributed by atoms with Gasteiger partial charge in [0.05, 0.1) is 6.04 Å². The normalized spacial score (nSPS) is 12.4. The van der Waals surface area contributed by atoms with Crippen molar-refractivity contribution >= 4 is 0 Å². The molecule has 1 unspecified atom stereocenters. The maximum Gasteiger partial charge on any atom is 0.387 e. The molecule has 1 atom stereocenters. The highest BCUT2D eigenvalue weighted by Crippen LogP contribution is 2.24. The van der Waals surface area contributed by atoms with Gasteiger partial charge in [0.2, 0.25) is 0 Å². The number of hydrogen-bond acceptors (Lipinski definition) is 2. The molecule has 0 aliphatic carbocycles. The Hall–Kier alpha value is -1.94. The molecule has 0 heterocycles. The average Bonchev–Trinajstić information content (AvgIpc) is 2.43. The van der Waals surface area contributed by atoms with Crippen molar-refractivity contribution in [3.63, 3.8) is 0 Å². The standard InChI is InChI=1S/C16H17F2NO/c1-11-3-5-12(6-4-11)15(19-2)13-7-9-14(10-8-13)20-16(17)18/h3-10,15-16,19H,1-2H3. The summed E-state index contributed by atoms with van der Waals surface area (Å²) in [5.74, 6) is 0.169. The molecule has 0 saturated heterocycles. The maximum absolute atomic E-state index is 12.1. The Morgan fingerprint density at radius 3 is 1.85 bits per heavy atom. The summed E-state index contributed by atoms with van der Waals surface area (Å²) < 4.78 is 28.6. The van der Waals surface area contributed by atoms with E-state index in [1.54, 1.807) is 24.3 Å². The minimum atomic E-state index is -2.79. The Morgan fingerprint density at radius 2 is 1.40 bits per heavy atom. The van der Waals surface area contributed by atoms with Crippen molar-refractivity contribution in [1.29, 1.82) is 0 Å². The molecule has 4 heteroatoms. The molecule has 0 radical (unpaired) electrons. The van der Waals surface area contributed by atoms with Crippen molar-refractivity contribution in [3.05, 3.63) is 65.2 Å². The summed E-state index contributed by atoms with van der Waals surface area (Å²) in [6, 6.07) is 14.9. The van der Waals surface area contributed by atoms with Gasteiger partial charge in [-0.1, -0.05) is 42.0 Å². The second-order valence-electron chi connectivity index (χ2n) is 4.58. The summed E-state index contributed by atoms with van der Waals surface area (Å²) in [6.07, 6.45) is 0. The van der Waals surface area contributed by atoms with Crippen LogP contribution >= 0.6 is 0 Å². The van der Waals surface area contributed by atoms with Gasteiger partial charge in [-0.2, -0.15) is 8.78 Å². The van der Waals surface area contributed by atoms with E-state index in [0.29, 0.717) is 0 Å². The molecule has 1 N–H and O–H groups in total. The summed E-state index contributed by atoms with van der Waals surface area (Å²) in [5, 5.41) is 3.23. The molecule has 0 bridgehead atoms. The summed E-state index contributed by atoms with van der Waals surface area (Å²) in [7, 11) is 1.87. The molecule has 0 amide bonds. The Bertz CT molecular complexity index is 537. The zero-order valence-electron chi connectivity index (χ0n) is 11.4. The van der Waals surface area contributed by atoms with E-state index in [4.69, 9.17) is 0 Å². The van der Waals surface area contributed by atoms with E-state index in [1.807, 2.05) is 26.1 Å². The summed E-state index contributed by atoms with van der Waals surface area (Å²) in [5.41, 5.74) is 3.32.